The number of carbonyl (C=O) groups is 1. The van der Waals surface area contributed by atoms with Gasteiger partial charge in [0.05, 0.1) is 12.3 Å². The van der Waals surface area contributed by atoms with Crippen LogP contribution in [0.4, 0.5) is 4.39 Å². The Morgan fingerprint density at radius 3 is 2.39 bits per heavy atom. The topological polar surface area (TPSA) is 75.3 Å². The molecule has 128 valence electrons. The monoisotopic (exact) mass is 342 g/mol. The van der Waals surface area contributed by atoms with Crippen LogP contribution >= 0.6 is 0 Å². The third-order valence-electron chi connectivity index (χ3n) is 3.99. The zero-order valence-corrected chi connectivity index (χ0v) is 14.0. The van der Waals surface area contributed by atoms with E-state index in [-0.39, 0.29) is 18.4 Å². The van der Waals surface area contributed by atoms with Crippen molar-refractivity contribution in [1.82, 2.24) is 10.0 Å². The summed E-state index contributed by atoms with van der Waals surface area (Å²) in [6.07, 6.45) is 6.37. The van der Waals surface area contributed by atoms with Crippen LogP contribution in [0.3, 0.4) is 0 Å². The van der Waals surface area contributed by atoms with Gasteiger partial charge in [0.2, 0.25) is 15.9 Å². The van der Waals surface area contributed by atoms with Crippen LogP contribution in [0.1, 0.15) is 50.1 Å². The molecule has 2 rings (SSSR count). The Hall–Kier alpha value is -1.47. The molecule has 0 saturated heterocycles. The van der Waals surface area contributed by atoms with Gasteiger partial charge < -0.3 is 5.32 Å². The molecule has 0 radical (unpaired) electrons. The fraction of sp³-hybridized carbons (Fsp3) is 0.562. The van der Waals surface area contributed by atoms with Crippen molar-refractivity contribution in [2.24, 2.45) is 0 Å². The molecule has 0 aromatic heterocycles. The Balaban J connectivity index is 2.04. The van der Waals surface area contributed by atoms with Gasteiger partial charge in [-0.2, -0.15) is 0 Å². The Bertz CT molecular complexity index is 625. The average Bonchev–Trinajstić information content (AvgIpc) is 2.47. The Kier molecular flexibility index (Phi) is 6.12. The number of nitrogens with one attached hydrogen (secondary N) is 2. The summed E-state index contributed by atoms with van der Waals surface area (Å²) in [6.45, 7) is 0. The van der Waals surface area contributed by atoms with Gasteiger partial charge in [-0.05, 0) is 30.5 Å². The standard InChI is InChI=1S/C16H23FN2O3S/c1-23(21,22)19-15(12-7-9-13(17)10-8-12)11-16(20)18-14-5-3-2-4-6-14/h7-10,14-15,19H,2-6,11H2,1H3,(H,18,20). The second kappa shape index (κ2) is 7.88. The summed E-state index contributed by atoms with van der Waals surface area (Å²) >= 11 is 0. The van der Waals surface area contributed by atoms with E-state index in [1.807, 2.05) is 0 Å². The van der Waals surface area contributed by atoms with Crippen LogP contribution in [0.15, 0.2) is 24.3 Å². The van der Waals surface area contributed by atoms with Crippen LogP contribution in [-0.4, -0.2) is 26.6 Å². The summed E-state index contributed by atoms with van der Waals surface area (Å²) < 4.78 is 38.6. The highest BCUT2D eigenvalue weighted by atomic mass is 32.2. The van der Waals surface area contributed by atoms with Gasteiger partial charge >= 0.3 is 0 Å². The fourth-order valence-electron chi connectivity index (χ4n) is 2.90. The van der Waals surface area contributed by atoms with E-state index in [9.17, 15) is 17.6 Å². The molecule has 0 aliphatic heterocycles. The Morgan fingerprint density at radius 1 is 1.22 bits per heavy atom. The second-order valence-corrected chi connectivity index (χ2v) is 7.88. The summed E-state index contributed by atoms with van der Waals surface area (Å²) in [5, 5.41) is 2.97. The van der Waals surface area contributed by atoms with Gasteiger partial charge in [-0.15, -0.1) is 0 Å². The first-order chi connectivity index (χ1) is 10.8. The minimum absolute atomic E-state index is 0.00476. The lowest BCUT2D eigenvalue weighted by atomic mass is 9.95. The molecule has 0 bridgehead atoms. The largest absolute Gasteiger partial charge is 0.353 e. The number of rotatable bonds is 6. The molecule has 1 aromatic rings. The molecule has 1 aliphatic rings. The molecule has 1 unspecified atom stereocenters. The van der Waals surface area contributed by atoms with Crippen molar-refractivity contribution in [3.05, 3.63) is 35.6 Å². The summed E-state index contributed by atoms with van der Waals surface area (Å²) in [4.78, 5) is 12.2. The van der Waals surface area contributed by atoms with E-state index in [0.717, 1.165) is 31.9 Å². The molecule has 5 nitrogen and oxygen atoms in total. The van der Waals surface area contributed by atoms with Crippen LogP contribution in [0, 0.1) is 5.82 Å². The molecule has 2 N–H and O–H groups in total. The molecular formula is C16H23FN2O3S. The number of hydrogen-bond donors (Lipinski definition) is 2. The van der Waals surface area contributed by atoms with Crippen LogP contribution in [0.2, 0.25) is 0 Å². The first-order valence-corrected chi connectivity index (χ1v) is 9.75. The number of hydrogen-bond acceptors (Lipinski definition) is 3. The van der Waals surface area contributed by atoms with E-state index in [2.05, 4.69) is 10.0 Å². The SMILES string of the molecule is CS(=O)(=O)NC(CC(=O)NC1CCCCC1)c1ccc(F)cc1. The van der Waals surface area contributed by atoms with Crippen LogP contribution in [-0.2, 0) is 14.8 Å². The lowest BCUT2D eigenvalue weighted by Crippen LogP contribution is -2.39. The molecule has 0 spiro atoms. The summed E-state index contributed by atoms with van der Waals surface area (Å²) in [5.41, 5.74) is 0.565. The number of benzene rings is 1. The Labute approximate surface area is 136 Å². The average molecular weight is 342 g/mol. The highest BCUT2D eigenvalue weighted by molar-refractivity contribution is 7.88. The first-order valence-electron chi connectivity index (χ1n) is 7.85. The van der Waals surface area contributed by atoms with Crippen LogP contribution < -0.4 is 10.0 Å². The maximum absolute atomic E-state index is 13.0. The van der Waals surface area contributed by atoms with Gasteiger partial charge in [0.25, 0.3) is 0 Å². The van der Waals surface area contributed by atoms with Gasteiger partial charge in [-0.3, -0.25) is 4.79 Å². The van der Waals surface area contributed by atoms with E-state index in [1.165, 1.54) is 30.7 Å². The number of halogens is 1. The molecule has 1 atom stereocenters. The summed E-state index contributed by atoms with van der Waals surface area (Å²) in [7, 11) is -3.48. The van der Waals surface area contributed by atoms with E-state index in [0.29, 0.717) is 5.56 Å². The molecule has 1 amide bonds. The summed E-state index contributed by atoms with van der Waals surface area (Å²) in [5.74, 6) is -0.596. The van der Waals surface area contributed by atoms with Gasteiger partial charge in [0.15, 0.2) is 0 Å². The maximum Gasteiger partial charge on any atom is 0.222 e. The van der Waals surface area contributed by atoms with Gasteiger partial charge in [0.1, 0.15) is 5.82 Å². The molecule has 1 aromatic carbocycles. The zero-order chi connectivity index (χ0) is 16.9. The van der Waals surface area contributed by atoms with Crippen LogP contribution in [0.5, 0.6) is 0 Å². The fourth-order valence-corrected chi connectivity index (χ4v) is 3.64. The van der Waals surface area contributed by atoms with E-state index in [4.69, 9.17) is 0 Å². The highest BCUT2D eigenvalue weighted by Crippen LogP contribution is 2.20. The normalized spacial score (nSPS) is 17.7. The number of sulfonamides is 1. The number of carbonyl (C=O) groups excluding carboxylic acids is 1. The van der Waals surface area contributed by atoms with E-state index in [1.54, 1.807) is 0 Å². The molecule has 0 heterocycles. The lowest BCUT2D eigenvalue weighted by Gasteiger charge is -2.24. The zero-order valence-electron chi connectivity index (χ0n) is 13.2. The second-order valence-electron chi connectivity index (χ2n) is 6.10. The van der Waals surface area contributed by atoms with Gasteiger partial charge in [0, 0.05) is 12.5 Å². The number of amides is 1. The first kappa shape index (κ1) is 17.9. The van der Waals surface area contributed by atoms with Crippen molar-refractivity contribution in [3.63, 3.8) is 0 Å². The van der Waals surface area contributed by atoms with Gasteiger partial charge in [-0.25, -0.2) is 17.5 Å². The van der Waals surface area contributed by atoms with Crippen LogP contribution in [0.25, 0.3) is 0 Å². The molecule has 1 fully saturated rings. The molecule has 1 saturated carbocycles. The highest BCUT2D eigenvalue weighted by Gasteiger charge is 2.22. The minimum Gasteiger partial charge on any atom is -0.353 e. The molecule has 1 aliphatic carbocycles. The quantitative estimate of drug-likeness (QED) is 0.833. The van der Waals surface area contributed by atoms with Crippen molar-refractivity contribution >= 4 is 15.9 Å². The maximum atomic E-state index is 13.0. The molecular weight excluding hydrogens is 319 g/mol. The van der Waals surface area contributed by atoms with Crippen molar-refractivity contribution in [2.75, 3.05) is 6.26 Å². The predicted octanol–water partition coefficient (Wildman–Crippen LogP) is 2.25. The van der Waals surface area contributed by atoms with Crippen molar-refractivity contribution in [2.45, 2.75) is 50.6 Å². The van der Waals surface area contributed by atoms with E-state index < -0.39 is 21.9 Å². The smallest absolute Gasteiger partial charge is 0.222 e. The third-order valence-corrected chi connectivity index (χ3v) is 4.70. The molecule has 23 heavy (non-hydrogen) atoms. The van der Waals surface area contributed by atoms with Crippen molar-refractivity contribution in [3.8, 4) is 0 Å². The Morgan fingerprint density at radius 2 is 1.83 bits per heavy atom. The molecule has 7 heteroatoms. The predicted molar refractivity (Wildman–Crippen MR) is 86.8 cm³/mol. The van der Waals surface area contributed by atoms with Crippen molar-refractivity contribution in [1.29, 1.82) is 0 Å². The van der Waals surface area contributed by atoms with Gasteiger partial charge in [-0.1, -0.05) is 31.4 Å². The minimum atomic E-state index is -3.48. The van der Waals surface area contributed by atoms with Crippen molar-refractivity contribution < 1.29 is 17.6 Å². The van der Waals surface area contributed by atoms with E-state index >= 15 is 0 Å². The lowest BCUT2D eigenvalue weighted by molar-refractivity contribution is -0.122. The summed E-state index contributed by atoms with van der Waals surface area (Å²) in [6, 6.07) is 4.96. The third kappa shape index (κ3) is 6.27.